The van der Waals surface area contributed by atoms with Gasteiger partial charge >= 0.3 is 0 Å². The molecule has 40 heavy (non-hydrogen) atoms. The van der Waals surface area contributed by atoms with Crippen molar-refractivity contribution in [1.82, 2.24) is 9.88 Å². The summed E-state index contributed by atoms with van der Waals surface area (Å²) >= 11 is 0. The number of nitriles is 1. The predicted octanol–water partition coefficient (Wildman–Crippen LogP) is 6.34. The van der Waals surface area contributed by atoms with Crippen LogP contribution in [0.5, 0.6) is 5.75 Å². The molecule has 1 aromatic heterocycles. The number of rotatable bonds is 6. The Morgan fingerprint density at radius 3 is 2.38 bits per heavy atom. The van der Waals surface area contributed by atoms with E-state index in [9.17, 15) is 10.1 Å². The zero-order chi connectivity index (χ0) is 27.7. The van der Waals surface area contributed by atoms with Gasteiger partial charge in [0.2, 0.25) is 5.91 Å². The summed E-state index contributed by atoms with van der Waals surface area (Å²) in [6.07, 6.45) is 1.96. The van der Waals surface area contributed by atoms with Crippen molar-refractivity contribution in [2.75, 3.05) is 38.2 Å². The molecule has 0 spiro atoms. The Morgan fingerprint density at radius 2 is 1.57 bits per heavy atom. The van der Waals surface area contributed by atoms with Crippen LogP contribution in [-0.2, 0) is 4.79 Å². The number of piperazine rings is 1. The predicted molar refractivity (Wildman–Crippen MR) is 160 cm³/mol. The number of carbonyl (C=O) groups excluding carboxylic acids is 1. The monoisotopic (exact) mass is 528 g/mol. The molecule has 2 atom stereocenters. The zero-order valence-electron chi connectivity index (χ0n) is 22.8. The first-order valence-corrected chi connectivity index (χ1v) is 13.7. The van der Waals surface area contributed by atoms with Crippen LogP contribution in [0.25, 0.3) is 21.7 Å². The van der Waals surface area contributed by atoms with Gasteiger partial charge in [-0.25, -0.2) is 0 Å². The second-order valence-electron chi connectivity index (χ2n) is 10.6. The second kappa shape index (κ2) is 10.4. The number of carbonyl (C=O) groups is 1. The molecule has 1 amide bonds. The number of amides is 1. The van der Waals surface area contributed by atoms with E-state index in [0.717, 1.165) is 33.1 Å². The molecule has 4 aromatic carbocycles. The van der Waals surface area contributed by atoms with Crippen molar-refractivity contribution >= 4 is 33.3 Å². The first kappa shape index (κ1) is 25.5. The number of aromatic nitrogens is 1. The Balaban J connectivity index is 1.37. The summed E-state index contributed by atoms with van der Waals surface area (Å²) in [5.41, 5.74) is 2.68. The Labute approximate surface area is 234 Å². The van der Waals surface area contributed by atoms with E-state index >= 15 is 0 Å². The second-order valence-corrected chi connectivity index (χ2v) is 10.6. The number of ether oxygens (including phenoxy) is 1. The normalized spacial score (nSPS) is 15.9. The molecule has 1 aliphatic rings. The van der Waals surface area contributed by atoms with Gasteiger partial charge in [-0.3, -0.25) is 4.79 Å². The number of aromatic amines is 1. The van der Waals surface area contributed by atoms with Crippen molar-refractivity contribution in [2.45, 2.75) is 12.8 Å². The van der Waals surface area contributed by atoms with Crippen molar-refractivity contribution in [2.24, 2.45) is 5.41 Å². The largest absolute Gasteiger partial charge is 0.496 e. The van der Waals surface area contributed by atoms with E-state index in [1.807, 2.05) is 59.6 Å². The number of anilines is 1. The van der Waals surface area contributed by atoms with Gasteiger partial charge in [0.15, 0.2) is 0 Å². The highest BCUT2D eigenvalue weighted by molar-refractivity contribution is 5.93. The highest BCUT2D eigenvalue weighted by Gasteiger charge is 2.47. The van der Waals surface area contributed by atoms with Crippen molar-refractivity contribution in [3.05, 3.63) is 108 Å². The Morgan fingerprint density at radius 1 is 0.875 bits per heavy atom. The summed E-state index contributed by atoms with van der Waals surface area (Å²) in [7, 11) is 1.63. The summed E-state index contributed by atoms with van der Waals surface area (Å²) in [4.78, 5) is 21.9. The third-order valence-electron chi connectivity index (χ3n) is 8.32. The highest BCUT2D eigenvalue weighted by atomic mass is 16.5. The molecule has 1 unspecified atom stereocenters. The lowest BCUT2D eigenvalue weighted by Gasteiger charge is -2.41. The fraction of sp³-hybridized carbons (Fsp3) is 0.235. The van der Waals surface area contributed by atoms with E-state index in [-0.39, 0.29) is 5.91 Å². The van der Waals surface area contributed by atoms with Crippen molar-refractivity contribution < 1.29 is 9.53 Å². The van der Waals surface area contributed by atoms with E-state index < -0.39 is 11.3 Å². The average Bonchev–Trinajstić information content (AvgIpc) is 3.50. The van der Waals surface area contributed by atoms with Crippen LogP contribution in [0.3, 0.4) is 0 Å². The summed E-state index contributed by atoms with van der Waals surface area (Å²) in [6.45, 7) is 4.29. The molecule has 1 saturated heterocycles. The Kier molecular flexibility index (Phi) is 6.65. The van der Waals surface area contributed by atoms with Crippen LogP contribution >= 0.6 is 0 Å². The number of fused-ring (bicyclic) bond motifs is 2. The lowest BCUT2D eigenvalue weighted by molar-refractivity contribution is -0.139. The van der Waals surface area contributed by atoms with Gasteiger partial charge in [0.25, 0.3) is 0 Å². The molecule has 0 saturated carbocycles. The van der Waals surface area contributed by atoms with E-state index in [1.54, 1.807) is 14.0 Å². The SMILES string of the molecule is COc1ccccc1[C@H](c1cccc2ccccc12)C(C)(C#N)C(=O)N1CCN(c2cccc3[nH]ccc23)CC1. The van der Waals surface area contributed by atoms with Crippen molar-refractivity contribution in [1.29, 1.82) is 5.26 Å². The van der Waals surface area contributed by atoms with Gasteiger partial charge < -0.3 is 19.5 Å². The lowest BCUT2D eigenvalue weighted by atomic mass is 9.68. The van der Waals surface area contributed by atoms with Crippen LogP contribution in [0.4, 0.5) is 5.69 Å². The molecule has 6 nitrogen and oxygen atoms in total. The average molecular weight is 529 g/mol. The molecule has 6 rings (SSSR count). The minimum absolute atomic E-state index is 0.154. The number of nitrogens with one attached hydrogen (secondary N) is 1. The van der Waals surface area contributed by atoms with Crippen LogP contribution < -0.4 is 9.64 Å². The number of para-hydroxylation sites is 1. The van der Waals surface area contributed by atoms with Gasteiger partial charge in [0.1, 0.15) is 11.2 Å². The van der Waals surface area contributed by atoms with Gasteiger partial charge in [-0.15, -0.1) is 0 Å². The molecule has 200 valence electrons. The number of hydrogen-bond acceptors (Lipinski definition) is 4. The first-order chi connectivity index (χ1) is 19.5. The van der Waals surface area contributed by atoms with E-state index in [4.69, 9.17) is 4.74 Å². The van der Waals surface area contributed by atoms with Crippen molar-refractivity contribution in [3.63, 3.8) is 0 Å². The van der Waals surface area contributed by atoms with Gasteiger partial charge in [-0.1, -0.05) is 66.7 Å². The van der Waals surface area contributed by atoms with E-state index in [1.165, 1.54) is 5.39 Å². The van der Waals surface area contributed by atoms with Crippen LogP contribution in [0.1, 0.15) is 24.0 Å². The summed E-state index contributed by atoms with van der Waals surface area (Å²) in [6, 6.07) is 32.8. The van der Waals surface area contributed by atoms with Crippen LogP contribution in [0.2, 0.25) is 0 Å². The third-order valence-corrected chi connectivity index (χ3v) is 8.32. The Hall–Kier alpha value is -4.76. The fourth-order valence-corrected chi connectivity index (χ4v) is 6.26. The third kappa shape index (κ3) is 4.24. The van der Waals surface area contributed by atoms with Crippen LogP contribution in [0, 0.1) is 16.7 Å². The first-order valence-electron chi connectivity index (χ1n) is 13.7. The zero-order valence-corrected chi connectivity index (χ0v) is 22.8. The highest BCUT2D eigenvalue weighted by Crippen LogP contribution is 2.47. The molecule has 0 radical (unpaired) electrons. The molecular formula is C34H32N4O2. The number of hydrogen-bond donors (Lipinski definition) is 1. The smallest absolute Gasteiger partial charge is 0.243 e. The summed E-state index contributed by atoms with van der Waals surface area (Å²) in [5, 5.41) is 14.1. The van der Waals surface area contributed by atoms with Gasteiger partial charge in [-0.2, -0.15) is 5.26 Å². The standard InChI is InChI=1S/C34H32N4O2/c1-34(23-35,33(39)38-21-19-37(20-22-38)30-15-8-14-29-27(30)17-18-36-29)32(28-12-5-6-16-31(28)40-2)26-13-7-10-24-9-3-4-11-25(24)26/h3-18,32,36H,19-22H2,1-2H3/t32-,34?/m0/s1. The molecule has 5 aromatic rings. The molecule has 0 aliphatic carbocycles. The van der Waals surface area contributed by atoms with E-state index in [2.05, 4.69) is 58.4 Å². The number of methoxy groups -OCH3 is 1. The molecule has 0 bridgehead atoms. The van der Waals surface area contributed by atoms with Gasteiger partial charge in [-0.05, 0) is 47.5 Å². The van der Waals surface area contributed by atoms with Gasteiger partial charge in [0, 0.05) is 60.4 Å². The van der Waals surface area contributed by atoms with Gasteiger partial charge in [0.05, 0.1) is 13.2 Å². The maximum atomic E-state index is 14.4. The molecule has 1 N–H and O–H groups in total. The molecule has 1 aliphatic heterocycles. The molecule has 1 fully saturated rings. The molecular weight excluding hydrogens is 496 g/mol. The molecule has 6 heteroatoms. The minimum Gasteiger partial charge on any atom is -0.496 e. The fourth-order valence-electron chi connectivity index (χ4n) is 6.26. The number of nitrogens with zero attached hydrogens (tertiary/aromatic N) is 3. The maximum Gasteiger partial charge on any atom is 0.243 e. The number of H-pyrrole nitrogens is 1. The van der Waals surface area contributed by atoms with Crippen LogP contribution in [0.15, 0.2) is 97.2 Å². The van der Waals surface area contributed by atoms with Crippen LogP contribution in [-0.4, -0.2) is 49.1 Å². The van der Waals surface area contributed by atoms with Crippen molar-refractivity contribution in [3.8, 4) is 11.8 Å². The minimum atomic E-state index is -1.36. The topological polar surface area (TPSA) is 72.4 Å². The quantitative estimate of drug-likeness (QED) is 0.279. The molecule has 2 heterocycles. The Bertz CT molecular complexity index is 1720. The summed E-state index contributed by atoms with van der Waals surface area (Å²) in [5.74, 6) is -0.0173. The lowest BCUT2D eigenvalue weighted by Crippen LogP contribution is -2.53. The van der Waals surface area contributed by atoms with E-state index in [0.29, 0.717) is 31.9 Å². The maximum absolute atomic E-state index is 14.4. The number of benzene rings is 4. The summed E-state index contributed by atoms with van der Waals surface area (Å²) < 4.78 is 5.77.